The van der Waals surface area contributed by atoms with Gasteiger partial charge in [0.05, 0.1) is 6.10 Å². The third kappa shape index (κ3) is 6.53. The van der Waals surface area contributed by atoms with Crippen LogP contribution in [-0.4, -0.2) is 58.8 Å². The molecule has 0 aliphatic carbocycles. The molecule has 1 N–H and O–H groups in total. The van der Waals surface area contributed by atoms with E-state index in [2.05, 4.69) is 23.3 Å². The lowest BCUT2D eigenvalue weighted by Crippen LogP contribution is -2.49. The first kappa shape index (κ1) is 25.0. The van der Waals surface area contributed by atoms with E-state index in [-0.39, 0.29) is 11.9 Å². The molecule has 0 spiro atoms. The second-order valence-corrected chi connectivity index (χ2v) is 9.13. The largest absolute Gasteiger partial charge is 0.392 e. The van der Waals surface area contributed by atoms with E-state index in [9.17, 15) is 9.50 Å². The van der Waals surface area contributed by atoms with Gasteiger partial charge in [-0.1, -0.05) is 55.5 Å². The van der Waals surface area contributed by atoms with Gasteiger partial charge in [0.2, 0.25) is 0 Å². The lowest BCUT2D eigenvalue weighted by Gasteiger charge is -2.37. The number of benzene rings is 2. The molecule has 0 radical (unpaired) electrons. The molecule has 3 aromatic rings. The molecule has 1 atom stereocenters. The molecule has 1 fully saturated rings. The number of rotatable bonds is 10. The lowest BCUT2D eigenvalue weighted by molar-refractivity contribution is 0.103. The smallest absolute Gasteiger partial charge is 0.161 e. The molecule has 6 heteroatoms. The number of aromatic nitrogens is 2. The molecule has 0 unspecified atom stereocenters. The molecule has 184 valence electrons. The van der Waals surface area contributed by atoms with Crippen LogP contribution in [0.5, 0.6) is 0 Å². The fourth-order valence-corrected chi connectivity index (χ4v) is 4.62. The number of aliphatic hydroxyl groups is 1. The summed E-state index contributed by atoms with van der Waals surface area (Å²) in [6.07, 6.45) is 4.56. The molecule has 1 aromatic heterocycles. The van der Waals surface area contributed by atoms with Gasteiger partial charge in [-0.3, -0.25) is 4.90 Å². The summed E-state index contributed by atoms with van der Waals surface area (Å²) in [5.74, 6) is 1.47. The minimum atomic E-state index is -0.330. The maximum atomic E-state index is 13.5. The minimum Gasteiger partial charge on any atom is -0.392 e. The number of halogens is 1. The number of allylic oxidation sites excluding steroid dienone is 1. The number of hydrogen-bond acceptors (Lipinski definition) is 5. The quantitative estimate of drug-likeness (QED) is 0.424. The molecular formula is C29H35FN4O. The third-order valence-corrected chi connectivity index (χ3v) is 6.58. The second kappa shape index (κ2) is 12.0. The van der Waals surface area contributed by atoms with Crippen molar-refractivity contribution in [1.29, 1.82) is 0 Å². The number of nitrogens with zero attached hydrogens (tertiary/aromatic N) is 4. The molecule has 1 aliphatic rings. The summed E-state index contributed by atoms with van der Waals surface area (Å²) < 4.78 is 13.5. The van der Waals surface area contributed by atoms with Crippen LogP contribution in [0, 0.1) is 5.82 Å². The SMILES string of the molecule is C=CCC[C@@H](O)CN1CCN(c2nc(-c3ccccc3)nc(CC)c2Cc2ccc(F)cc2)CC1. The van der Waals surface area contributed by atoms with Gasteiger partial charge >= 0.3 is 0 Å². The van der Waals surface area contributed by atoms with E-state index in [0.29, 0.717) is 13.0 Å². The predicted octanol–water partition coefficient (Wildman–Crippen LogP) is 4.89. The van der Waals surface area contributed by atoms with Crippen molar-refractivity contribution >= 4 is 5.82 Å². The fourth-order valence-electron chi connectivity index (χ4n) is 4.62. The zero-order valence-corrected chi connectivity index (χ0v) is 20.5. The molecule has 5 nitrogen and oxygen atoms in total. The average molecular weight is 475 g/mol. The Labute approximate surface area is 208 Å². The van der Waals surface area contributed by atoms with Crippen molar-refractivity contribution in [3.8, 4) is 11.4 Å². The predicted molar refractivity (Wildman–Crippen MR) is 140 cm³/mol. The van der Waals surface area contributed by atoms with E-state index in [0.717, 1.165) is 79.5 Å². The monoisotopic (exact) mass is 474 g/mol. The summed E-state index contributed by atoms with van der Waals surface area (Å²) >= 11 is 0. The Morgan fingerprint density at radius 3 is 2.40 bits per heavy atom. The number of hydrogen-bond donors (Lipinski definition) is 1. The Morgan fingerprint density at radius 1 is 1.03 bits per heavy atom. The molecule has 0 bridgehead atoms. The van der Waals surface area contributed by atoms with E-state index in [1.165, 1.54) is 12.1 Å². The van der Waals surface area contributed by atoms with Crippen LogP contribution < -0.4 is 4.90 Å². The van der Waals surface area contributed by atoms with Gasteiger partial charge in [-0.2, -0.15) is 0 Å². The van der Waals surface area contributed by atoms with Gasteiger partial charge in [-0.05, 0) is 37.0 Å². The van der Waals surface area contributed by atoms with Crippen molar-refractivity contribution in [2.45, 2.75) is 38.7 Å². The van der Waals surface area contributed by atoms with Crippen LogP contribution in [0.2, 0.25) is 0 Å². The Balaban J connectivity index is 1.62. The summed E-state index contributed by atoms with van der Waals surface area (Å²) in [6, 6.07) is 16.8. The van der Waals surface area contributed by atoms with Crippen LogP contribution in [0.15, 0.2) is 67.3 Å². The molecule has 0 saturated carbocycles. The first-order valence-corrected chi connectivity index (χ1v) is 12.5. The van der Waals surface area contributed by atoms with Crippen LogP contribution in [0.4, 0.5) is 10.2 Å². The van der Waals surface area contributed by atoms with Crippen molar-refractivity contribution < 1.29 is 9.50 Å². The fraction of sp³-hybridized carbons (Fsp3) is 0.379. The highest BCUT2D eigenvalue weighted by Crippen LogP contribution is 2.29. The summed E-state index contributed by atoms with van der Waals surface area (Å²) in [7, 11) is 0. The highest BCUT2D eigenvalue weighted by Gasteiger charge is 2.24. The molecular weight excluding hydrogens is 439 g/mol. The van der Waals surface area contributed by atoms with E-state index >= 15 is 0 Å². The van der Waals surface area contributed by atoms with Crippen LogP contribution in [0.3, 0.4) is 0 Å². The number of aliphatic hydroxyl groups excluding tert-OH is 1. The topological polar surface area (TPSA) is 52.5 Å². The molecule has 0 amide bonds. The lowest BCUT2D eigenvalue weighted by atomic mass is 10.0. The average Bonchev–Trinajstić information content (AvgIpc) is 2.89. The summed E-state index contributed by atoms with van der Waals surface area (Å²) in [5, 5.41) is 10.3. The molecule has 4 rings (SSSR count). The van der Waals surface area contributed by atoms with Gasteiger partial charge < -0.3 is 10.0 Å². The van der Waals surface area contributed by atoms with Crippen LogP contribution in [0.1, 0.15) is 36.6 Å². The standard InChI is InChI=1S/C29H35FN4O/c1-3-5-11-25(35)21-33-16-18-34(19-17-33)29-26(20-22-12-14-24(30)15-13-22)27(4-2)31-28(32-29)23-9-7-6-8-10-23/h3,6-10,12-15,25,35H,1,4-5,11,16-21H2,2H3/t25-/m1/s1. The number of β-amino-alcohol motifs (C(OH)–C–C–N with tert-alkyl or cyclic N) is 1. The van der Waals surface area contributed by atoms with Crippen molar-refractivity contribution in [1.82, 2.24) is 14.9 Å². The Bertz CT molecular complexity index is 1100. The van der Waals surface area contributed by atoms with Crippen LogP contribution in [0.25, 0.3) is 11.4 Å². The van der Waals surface area contributed by atoms with Crippen molar-refractivity contribution in [3.05, 3.63) is 89.9 Å². The maximum absolute atomic E-state index is 13.5. The van der Waals surface area contributed by atoms with E-state index < -0.39 is 0 Å². The molecule has 1 saturated heterocycles. The summed E-state index contributed by atoms with van der Waals surface area (Å²) in [5.41, 5.74) is 4.18. The molecule has 2 aromatic carbocycles. The van der Waals surface area contributed by atoms with E-state index in [1.54, 1.807) is 0 Å². The zero-order chi connectivity index (χ0) is 24.6. The Hall–Kier alpha value is -3.09. The van der Waals surface area contributed by atoms with Gasteiger partial charge in [0, 0.05) is 56.0 Å². The van der Waals surface area contributed by atoms with Crippen molar-refractivity contribution in [2.24, 2.45) is 0 Å². The van der Waals surface area contributed by atoms with Gasteiger partial charge in [0.1, 0.15) is 11.6 Å². The Kier molecular flexibility index (Phi) is 8.61. The highest BCUT2D eigenvalue weighted by molar-refractivity contribution is 5.61. The van der Waals surface area contributed by atoms with Crippen LogP contribution >= 0.6 is 0 Å². The van der Waals surface area contributed by atoms with Gasteiger partial charge in [0.15, 0.2) is 5.82 Å². The van der Waals surface area contributed by atoms with Gasteiger partial charge in [-0.15, -0.1) is 6.58 Å². The number of aryl methyl sites for hydroxylation is 1. The molecule has 1 aliphatic heterocycles. The number of piperazine rings is 1. The summed E-state index contributed by atoms with van der Waals surface area (Å²) in [6.45, 7) is 9.95. The van der Waals surface area contributed by atoms with Crippen molar-refractivity contribution in [2.75, 3.05) is 37.6 Å². The molecule has 2 heterocycles. The maximum Gasteiger partial charge on any atom is 0.161 e. The zero-order valence-electron chi connectivity index (χ0n) is 20.5. The number of anilines is 1. The van der Waals surface area contributed by atoms with E-state index in [4.69, 9.17) is 9.97 Å². The normalized spacial score (nSPS) is 15.2. The Morgan fingerprint density at radius 2 is 1.74 bits per heavy atom. The summed E-state index contributed by atoms with van der Waals surface area (Å²) in [4.78, 5) is 14.7. The van der Waals surface area contributed by atoms with Crippen LogP contribution in [-0.2, 0) is 12.8 Å². The minimum absolute atomic E-state index is 0.230. The first-order chi connectivity index (χ1) is 17.1. The van der Waals surface area contributed by atoms with Crippen molar-refractivity contribution in [3.63, 3.8) is 0 Å². The first-order valence-electron chi connectivity index (χ1n) is 12.5. The highest BCUT2D eigenvalue weighted by atomic mass is 19.1. The third-order valence-electron chi connectivity index (χ3n) is 6.58. The van der Waals surface area contributed by atoms with Gasteiger partial charge in [0.25, 0.3) is 0 Å². The molecule has 35 heavy (non-hydrogen) atoms. The second-order valence-electron chi connectivity index (χ2n) is 9.13. The van der Waals surface area contributed by atoms with E-state index in [1.807, 2.05) is 48.5 Å². The van der Waals surface area contributed by atoms with Gasteiger partial charge in [-0.25, -0.2) is 14.4 Å².